The predicted octanol–water partition coefficient (Wildman–Crippen LogP) is 1.98. The van der Waals surface area contributed by atoms with Gasteiger partial charge in [-0.15, -0.1) is 0 Å². The summed E-state index contributed by atoms with van der Waals surface area (Å²) in [5.74, 6) is -5.78. The Morgan fingerprint density at radius 2 is 0.971 bits per heavy atom. The molecule has 3 rings (SSSR count). The lowest BCUT2D eigenvalue weighted by atomic mass is 10.1. The summed E-state index contributed by atoms with van der Waals surface area (Å²) in [7, 11) is 0. The second-order valence-corrected chi connectivity index (χ2v) is 7.03. The van der Waals surface area contributed by atoms with Gasteiger partial charge in [0.25, 0.3) is 11.8 Å². The van der Waals surface area contributed by atoms with E-state index < -0.39 is 41.9 Å². The van der Waals surface area contributed by atoms with Crippen LogP contribution in [0, 0.1) is 0 Å². The first-order chi connectivity index (χ1) is 16.9. The van der Waals surface area contributed by atoms with E-state index in [-0.39, 0.29) is 16.7 Å². The molecule has 10 heteroatoms. The molecule has 0 bridgehead atoms. The average Bonchev–Trinajstić information content (AvgIpc) is 2.90. The van der Waals surface area contributed by atoms with Gasteiger partial charge in [0.1, 0.15) is 0 Å². The van der Waals surface area contributed by atoms with Gasteiger partial charge in [0.2, 0.25) is 12.2 Å². The highest BCUT2D eigenvalue weighted by molar-refractivity contribution is 5.99. The van der Waals surface area contributed by atoms with Crippen molar-refractivity contribution in [2.75, 3.05) is 0 Å². The Labute approximate surface area is 199 Å². The molecule has 3 N–H and O–H groups in total. The zero-order valence-electron chi connectivity index (χ0n) is 18.1. The van der Waals surface area contributed by atoms with Crippen LogP contribution in [0.5, 0.6) is 0 Å². The summed E-state index contributed by atoms with van der Waals surface area (Å²) in [5, 5.41) is 9.69. The minimum Gasteiger partial charge on any atom is -0.478 e. The number of esters is 2. The van der Waals surface area contributed by atoms with Crippen molar-refractivity contribution in [1.29, 1.82) is 0 Å². The number of hydrogen-bond donors (Lipinski definition) is 3. The fourth-order valence-corrected chi connectivity index (χ4v) is 2.86. The molecule has 35 heavy (non-hydrogen) atoms. The molecular weight excluding hydrogens is 456 g/mol. The number of carbonyl (C=O) groups excluding carboxylic acids is 4. The minimum absolute atomic E-state index is 0.0182. The number of hydrogen-bond acceptors (Lipinski definition) is 7. The highest BCUT2D eigenvalue weighted by Gasteiger charge is 2.41. The zero-order valence-corrected chi connectivity index (χ0v) is 18.1. The zero-order chi connectivity index (χ0) is 25.2. The highest BCUT2D eigenvalue weighted by atomic mass is 16.6. The Kier molecular flexibility index (Phi) is 8.28. The number of hydrazine groups is 1. The topological polar surface area (TPSA) is 148 Å². The van der Waals surface area contributed by atoms with Crippen LogP contribution >= 0.6 is 0 Å². The van der Waals surface area contributed by atoms with Crippen LogP contribution in [0.15, 0.2) is 91.0 Å². The van der Waals surface area contributed by atoms with Crippen LogP contribution in [0.1, 0.15) is 31.1 Å². The van der Waals surface area contributed by atoms with Gasteiger partial charge in [0, 0.05) is 5.56 Å². The summed E-state index contributed by atoms with van der Waals surface area (Å²) in [5.41, 5.74) is 4.37. The molecule has 0 aliphatic rings. The van der Waals surface area contributed by atoms with E-state index in [2.05, 4.69) is 5.43 Å². The summed E-state index contributed by atoms with van der Waals surface area (Å²) in [6.07, 6.45) is -4.35. The molecular formula is C25H20N2O8. The van der Waals surface area contributed by atoms with Crippen molar-refractivity contribution < 1.29 is 38.6 Å². The van der Waals surface area contributed by atoms with Crippen LogP contribution in [0.25, 0.3) is 0 Å². The number of carboxylic acid groups (broad SMARTS) is 1. The first kappa shape index (κ1) is 24.6. The number of rotatable bonds is 8. The Balaban J connectivity index is 1.82. The molecule has 0 aliphatic carbocycles. The molecule has 178 valence electrons. The number of nitrogens with one attached hydrogen (secondary N) is 2. The van der Waals surface area contributed by atoms with Crippen molar-refractivity contribution >= 4 is 29.7 Å². The van der Waals surface area contributed by atoms with Crippen LogP contribution < -0.4 is 10.9 Å². The lowest BCUT2D eigenvalue weighted by Crippen LogP contribution is -2.54. The summed E-state index contributed by atoms with van der Waals surface area (Å²) in [6.45, 7) is 0. The van der Waals surface area contributed by atoms with Gasteiger partial charge < -0.3 is 14.6 Å². The van der Waals surface area contributed by atoms with Crippen LogP contribution in [0.4, 0.5) is 0 Å². The number of carbonyl (C=O) groups is 5. The van der Waals surface area contributed by atoms with Gasteiger partial charge in [-0.25, -0.2) is 14.4 Å². The first-order valence-corrected chi connectivity index (χ1v) is 10.3. The lowest BCUT2D eigenvalue weighted by molar-refractivity contribution is -0.159. The van der Waals surface area contributed by atoms with Gasteiger partial charge >= 0.3 is 17.9 Å². The molecule has 0 aliphatic heterocycles. The molecule has 2 atom stereocenters. The SMILES string of the molecule is O=C(NNC(=O)[C@H](OC(=O)c1ccccc1)[C@@H](OC(=O)c1ccccc1)C(=O)O)c1ccccc1. The number of benzene rings is 3. The van der Waals surface area contributed by atoms with Crippen LogP contribution in [-0.2, 0) is 19.1 Å². The maximum Gasteiger partial charge on any atom is 0.349 e. The molecule has 10 nitrogen and oxygen atoms in total. The van der Waals surface area contributed by atoms with Gasteiger partial charge in [0.05, 0.1) is 11.1 Å². The standard InChI is InChI=1S/C25H20N2O8/c28-21(16-10-4-1-5-11-16)26-27-22(29)19(34-24(32)17-12-6-2-7-13-17)20(23(30)31)35-25(33)18-14-8-3-9-15-18/h1-15,19-20H,(H,26,28)(H,27,29)(H,30,31)/t19-,20-/m1/s1. The Hall–Kier alpha value is -4.99. The summed E-state index contributed by atoms with van der Waals surface area (Å²) in [6, 6.07) is 22.8. The van der Waals surface area contributed by atoms with Crippen LogP contribution in [-0.4, -0.2) is 47.0 Å². The minimum atomic E-state index is -2.22. The molecule has 0 heterocycles. The summed E-state index contributed by atoms with van der Waals surface area (Å²) < 4.78 is 10.2. The second kappa shape index (κ2) is 11.8. The van der Waals surface area contributed by atoms with Gasteiger partial charge in [-0.2, -0.15) is 0 Å². The summed E-state index contributed by atoms with van der Waals surface area (Å²) in [4.78, 5) is 62.1. The molecule has 3 aromatic rings. The number of aliphatic carboxylic acids is 1. The Bertz CT molecular complexity index is 1200. The van der Waals surface area contributed by atoms with E-state index in [4.69, 9.17) is 9.47 Å². The molecule has 0 radical (unpaired) electrons. The summed E-state index contributed by atoms with van der Waals surface area (Å²) >= 11 is 0. The molecule has 0 unspecified atom stereocenters. The van der Waals surface area contributed by atoms with Crippen molar-refractivity contribution in [2.45, 2.75) is 12.2 Å². The van der Waals surface area contributed by atoms with E-state index in [9.17, 15) is 29.1 Å². The van der Waals surface area contributed by atoms with Crippen molar-refractivity contribution in [3.05, 3.63) is 108 Å². The maximum atomic E-state index is 12.9. The first-order valence-electron chi connectivity index (χ1n) is 10.3. The average molecular weight is 476 g/mol. The molecule has 0 saturated carbocycles. The van der Waals surface area contributed by atoms with E-state index in [1.54, 1.807) is 30.3 Å². The normalized spacial score (nSPS) is 11.9. The highest BCUT2D eigenvalue weighted by Crippen LogP contribution is 2.13. The van der Waals surface area contributed by atoms with Gasteiger partial charge in [-0.05, 0) is 36.4 Å². The van der Waals surface area contributed by atoms with E-state index in [1.165, 1.54) is 60.7 Å². The Morgan fingerprint density at radius 3 is 1.40 bits per heavy atom. The molecule has 0 aromatic heterocycles. The lowest BCUT2D eigenvalue weighted by Gasteiger charge is -2.23. The van der Waals surface area contributed by atoms with E-state index in [1.807, 2.05) is 5.43 Å². The van der Waals surface area contributed by atoms with Gasteiger partial charge in [-0.1, -0.05) is 54.6 Å². The third-order valence-electron chi connectivity index (χ3n) is 4.60. The van der Waals surface area contributed by atoms with Crippen molar-refractivity contribution in [2.24, 2.45) is 0 Å². The van der Waals surface area contributed by atoms with E-state index >= 15 is 0 Å². The molecule has 0 spiro atoms. The van der Waals surface area contributed by atoms with Crippen molar-refractivity contribution in [3.8, 4) is 0 Å². The van der Waals surface area contributed by atoms with Crippen molar-refractivity contribution in [3.63, 3.8) is 0 Å². The van der Waals surface area contributed by atoms with Gasteiger partial charge in [0.15, 0.2) is 0 Å². The number of ether oxygens (including phenoxy) is 2. The molecule has 0 saturated heterocycles. The molecule has 2 amide bonds. The van der Waals surface area contributed by atoms with Crippen LogP contribution in [0.2, 0.25) is 0 Å². The largest absolute Gasteiger partial charge is 0.478 e. The maximum absolute atomic E-state index is 12.9. The van der Waals surface area contributed by atoms with Gasteiger partial charge in [-0.3, -0.25) is 20.4 Å². The number of carboxylic acids is 1. The molecule has 3 aromatic carbocycles. The fourth-order valence-electron chi connectivity index (χ4n) is 2.86. The van der Waals surface area contributed by atoms with E-state index in [0.717, 1.165) is 0 Å². The van der Waals surface area contributed by atoms with E-state index in [0.29, 0.717) is 0 Å². The van der Waals surface area contributed by atoms with Crippen LogP contribution in [0.3, 0.4) is 0 Å². The predicted molar refractivity (Wildman–Crippen MR) is 121 cm³/mol. The third kappa shape index (κ3) is 6.75. The fraction of sp³-hybridized carbons (Fsp3) is 0.0800. The monoisotopic (exact) mass is 476 g/mol. The van der Waals surface area contributed by atoms with Crippen molar-refractivity contribution in [1.82, 2.24) is 10.9 Å². The Morgan fingerprint density at radius 1 is 0.571 bits per heavy atom. The third-order valence-corrected chi connectivity index (χ3v) is 4.60. The smallest absolute Gasteiger partial charge is 0.349 e. The number of amides is 2. The second-order valence-electron chi connectivity index (χ2n) is 7.03. The molecule has 0 fully saturated rings. The quantitative estimate of drug-likeness (QED) is 0.330.